The molecular weight excluding hydrogens is 292 g/mol. The average Bonchev–Trinajstić information content (AvgIpc) is 3.15. The second-order valence-electron chi connectivity index (χ2n) is 5.57. The number of aromatic nitrogens is 2. The number of amides is 1. The summed E-state index contributed by atoms with van der Waals surface area (Å²) < 4.78 is 5.32. The maximum Gasteiger partial charge on any atom is 0.257 e. The molecule has 1 amide bonds. The Bertz CT molecular complexity index is 656. The smallest absolute Gasteiger partial charge is 0.257 e. The topological polar surface area (TPSA) is 61.5 Å². The van der Waals surface area contributed by atoms with E-state index in [1.54, 1.807) is 13.3 Å². The molecule has 0 saturated carbocycles. The molecule has 1 atom stereocenters. The lowest BCUT2D eigenvalue weighted by Crippen LogP contribution is -2.50. The van der Waals surface area contributed by atoms with E-state index in [0.717, 1.165) is 18.9 Å². The maximum atomic E-state index is 12.9. The summed E-state index contributed by atoms with van der Waals surface area (Å²) in [6.45, 7) is 5.23. The van der Waals surface area contributed by atoms with Gasteiger partial charge in [0.25, 0.3) is 5.91 Å². The van der Waals surface area contributed by atoms with Crippen molar-refractivity contribution in [2.75, 3.05) is 33.3 Å². The van der Waals surface area contributed by atoms with Gasteiger partial charge >= 0.3 is 0 Å². The highest BCUT2D eigenvalue weighted by molar-refractivity contribution is 5.97. The zero-order valence-corrected chi connectivity index (χ0v) is 13.5. The fraction of sp³-hybridized carbons (Fsp3) is 0.412. The first kappa shape index (κ1) is 15.6. The van der Waals surface area contributed by atoms with Crippen LogP contribution in [0.5, 0.6) is 5.75 Å². The Labute approximate surface area is 136 Å². The van der Waals surface area contributed by atoms with Crippen LogP contribution in [0.1, 0.15) is 29.1 Å². The fourth-order valence-electron chi connectivity index (χ4n) is 3.09. The number of aromatic amines is 1. The molecule has 1 N–H and O–H groups in total. The highest BCUT2D eigenvalue weighted by atomic mass is 16.5. The first-order valence-corrected chi connectivity index (χ1v) is 7.90. The number of methoxy groups -OCH3 is 1. The molecule has 0 bridgehead atoms. The number of carbonyl (C=O) groups excluding carboxylic acids is 1. The third-order valence-corrected chi connectivity index (χ3v) is 4.36. The zero-order chi connectivity index (χ0) is 16.2. The maximum absolute atomic E-state index is 12.9. The molecule has 0 aliphatic carbocycles. The summed E-state index contributed by atoms with van der Waals surface area (Å²) in [6.07, 6.45) is 3.58. The Morgan fingerprint density at radius 3 is 2.91 bits per heavy atom. The summed E-state index contributed by atoms with van der Waals surface area (Å²) in [5.41, 5.74) is 0.609. The van der Waals surface area contributed by atoms with Gasteiger partial charge in [0.15, 0.2) is 0 Å². The third-order valence-electron chi connectivity index (χ3n) is 4.36. The molecule has 2 aromatic rings. The van der Waals surface area contributed by atoms with Crippen molar-refractivity contribution in [3.63, 3.8) is 0 Å². The van der Waals surface area contributed by atoms with Crippen molar-refractivity contribution in [3.8, 4) is 5.75 Å². The van der Waals surface area contributed by atoms with Crippen LogP contribution < -0.4 is 4.74 Å². The largest absolute Gasteiger partial charge is 0.496 e. The number of para-hydroxylation sites is 1. The minimum atomic E-state index is 0.00904. The SMILES string of the molecule is CCN1CCN(C(=O)c2ccccc2OC)C[C@@H]1c1ncc[nH]1. The Kier molecular flexibility index (Phi) is 4.62. The van der Waals surface area contributed by atoms with Gasteiger partial charge in [-0.05, 0) is 18.7 Å². The third kappa shape index (κ3) is 3.07. The second-order valence-corrected chi connectivity index (χ2v) is 5.57. The van der Waals surface area contributed by atoms with Crippen LogP contribution in [0.3, 0.4) is 0 Å². The monoisotopic (exact) mass is 314 g/mol. The number of ether oxygens (including phenoxy) is 1. The molecule has 1 aromatic carbocycles. The van der Waals surface area contributed by atoms with Crippen LogP contribution in [0, 0.1) is 0 Å². The van der Waals surface area contributed by atoms with Gasteiger partial charge in [-0.25, -0.2) is 4.98 Å². The molecular formula is C17H22N4O2. The van der Waals surface area contributed by atoms with Gasteiger partial charge < -0.3 is 14.6 Å². The van der Waals surface area contributed by atoms with E-state index in [0.29, 0.717) is 24.4 Å². The van der Waals surface area contributed by atoms with Crippen LogP contribution in [-0.2, 0) is 0 Å². The molecule has 0 radical (unpaired) electrons. The molecule has 122 valence electrons. The lowest BCUT2D eigenvalue weighted by Gasteiger charge is -2.40. The van der Waals surface area contributed by atoms with E-state index in [4.69, 9.17) is 4.74 Å². The van der Waals surface area contributed by atoms with Crippen LogP contribution in [0.25, 0.3) is 0 Å². The minimum absolute atomic E-state index is 0.00904. The zero-order valence-electron chi connectivity index (χ0n) is 13.5. The summed E-state index contributed by atoms with van der Waals surface area (Å²) in [4.78, 5) is 24.7. The number of H-pyrrole nitrogens is 1. The van der Waals surface area contributed by atoms with E-state index in [-0.39, 0.29) is 11.9 Å². The van der Waals surface area contributed by atoms with Crippen LogP contribution in [0.15, 0.2) is 36.7 Å². The number of benzene rings is 1. The van der Waals surface area contributed by atoms with Gasteiger partial charge in [0.05, 0.1) is 18.7 Å². The van der Waals surface area contributed by atoms with E-state index in [1.165, 1.54) is 0 Å². The second kappa shape index (κ2) is 6.83. The van der Waals surface area contributed by atoms with Crippen molar-refractivity contribution in [2.45, 2.75) is 13.0 Å². The lowest BCUT2D eigenvalue weighted by atomic mass is 10.1. The molecule has 1 aromatic heterocycles. The van der Waals surface area contributed by atoms with E-state index in [1.807, 2.05) is 35.4 Å². The number of piperazine rings is 1. The molecule has 1 saturated heterocycles. The van der Waals surface area contributed by atoms with Crippen molar-refractivity contribution in [1.82, 2.24) is 19.8 Å². The van der Waals surface area contributed by atoms with Crippen molar-refractivity contribution in [1.29, 1.82) is 0 Å². The van der Waals surface area contributed by atoms with Crippen molar-refractivity contribution in [3.05, 3.63) is 48.0 Å². The van der Waals surface area contributed by atoms with Crippen molar-refractivity contribution >= 4 is 5.91 Å². The highest BCUT2D eigenvalue weighted by Gasteiger charge is 2.32. The van der Waals surface area contributed by atoms with Gasteiger partial charge in [0, 0.05) is 32.0 Å². The summed E-state index contributed by atoms with van der Waals surface area (Å²) in [6, 6.07) is 7.47. The van der Waals surface area contributed by atoms with Crippen molar-refractivity contribution in [2.24, 2.45) is 0 Å². The molecule has 6 heteroatoms. The number of imidazole rings is 1. The molecule has 2 heterocycles. The molecule has 1 aliphatic rings. The first-order valence-electron chi connectivity index (χ1n) is 7.90. The Morgan fingerprint density at radius 1 is 1.39 bits per heavy atom. The molecule has 6 nitrogen and oxygen atoms in total. The van der Waals surface area contributed by atoms with E-state index < -0.39 is 0 Å². The standard InChI is InChI=1S/C17H22N4O2/c1-3-20-10-11-21(12-14(20)16-18-8-9-19-16)17(22)13-6-4-5-7-15(13)23-2/h4-9,14H,3,10-12H2,1-2H3,(H,18,19)/t14-/m1/s1. The summed E-state index contributed by atoms with van der Waals surface area (Å²) in [7, 11) is 1.59. The Balaban J connectivity index is 1.82. The number of hydrogen-bond donors (Lipinski definition) is 1. The van der Waals surface area contributed by atoms with Gasteiger partial charge in [-0.3, -0.25) is 9.69 Å². The predicted octanol–water partition coefficient (Wildman–Crippen LogP) is 1.94. The average molecular weight is 314 g/mol. The lowest BCUT2D eigenvalue weighted by molar-refractivity contribution is 0.0477. The van der Waals surface area contributed by atoms with E-state index in [9.17, 15) is 4.79 Å². The number of rotatable bonds is 4. The van der Waals surface area contributed by atoms with Crippen LogP contribution in [0.4, 0.5) is 0 Å². The normalized spacial score (nSPS) is 18.9. The highest BCUT2D eigenvalue weighted by Crippen LogP contribution is 2.26. The fourth-order valence-corrected chi connectivity index (χ4v) is 3.09. The van der Waals surface area contributed by atoms with Crippen LogP contribution in [-0.4, -0.2) is 59.0 Å². The van der Waals surface area contributed by atoms with Gasteiger partial charge in [0.2, 0.25) is 0 Å². The van der Waals surface area contributed by atoms with Crippen LogP contribution in [0.2, 0.25) is 0 Å². The molecule has 1 aliphatic heterocycles. The Hall–Kier alpha value is -2.34. The molecule has 23 heavy (non-hydrogen) atoms. The number of nitrogens with one attached hydrogen (secondary N) is 1. The van der Waals surface area contributed by atoms with Gasteiger partial charge in [-0.15, -0.1) is 0 Å². The molecule has 3 rings (SSSR count). The quantitative estimate of drug-likeness (QED) is 0.937. The van der Waals surface area contributed by atoms with Gasteiger partial charge in [-0.1, -0.05) is 19.1 Å². The van der Waals surface area contributed by atoms with Gasteiger partial charge in [-0.2, -0.15) is 0 Å². The number of likely N-dealkylation sites (N-methyl/N-ethyl adjacent to an activating group) is 1. The molecule has 0 unspecified atom stereocenters. The van der Waals surface area contributed by atoms with Crippen LogP contribution >= 0.6 is 0 Å². The predicted molar refractivity (Wildman–Crippen MR) is 87.5 cm³/mol. The summed E-state index contributed by atoms with van der Waals surface area (Å²) in [5, 5.41) is 0. The number of carbonyl (C=O) groups is 1. The minimum Gasteiger partial charge on any atom is -0.496 e. The van der Waals surface area contributed by atoms with Gasteiger partial charge in [0.1, 0.15) is 11.6 Å². The van der Waals surface area contributed by atoms with E-state index in [2.05, 4.69) is 21.8 Å². The number of hydrogen-bond acceptors (Lipinski definition) is 4. The molecule has 0 spiro atoms. The van der Waals surface area contributed by atoms with E-state index >= 15 is 0 Å². The summed E-state index contributed by atoms with van der Waals surface area (Å²) >= 11 is 0. The number of nitrogens with zero attached hydrogens (tertiary/aromatic N) is 3. The first-order chi connectivity index (χ1) is 11.2. The van der Waals surface area contributed by atoms with Crippen molar-refractivity contribution < 1.29 is 9.53 Å². The Morgan fingerprint density at radius 2 is 2.22 bits per heavy atom. The molecule has 1 fully saturated rings. The summed E-state index contributed by atoms with van der Waals surface area (Å²) in [5.74, 6) is 1.53.